The molecule has 1 aromatic carbocycles. The van der Waals surface area contributed by atoms with Crippen molar-refractivity contribution in [1.29, 1.82) is 0 Å². The molecule has 6 heteroatoms. The Kier molecular flexibility index (Phi) is 8.25. The number of benzene rings is 1. The van der Waals surface area contributed by atoms with E-state index in [4.69, 9.17) is 14.5 Å². The standard InChI is InChI=1S/C19H31N3O2S/c1-5-20-19(21-8-6-10-25-4)22-9-7-15(14-22)16-11-17(23-2)13-18(12-16)24-3/h11-13,15H,5-10,14H2,1-4H3,(H,20,21). The largest absolute Gasteiger partial charge is 0.497 e. The molecule has 1 heterocycles. The van der Waals surface area contributed by atoms with Gasteiger partial charge in [0.05, 0.1) is 14.2 Å². The van der Waals surface area contributed by atoms with Gasteiger partial charge in [0.25, 0.3) is 0 Å². The minimum Gasteiger partial charge on any atom is -0.497 e. The van der Waals surface area contributed by atoms with Gasteiger partial charge in [-0.1, -0.05) is 0 Å². The molecule has 2 rings (SSSR count). The molecule has 0 aliphatic carbocycles. The summed E-state index contributed by atoms with van der Waals surface area (Å²) in [6, 6.07) is 6.17. The fraction of sp³-hybridized carbons (Fsp3) is 0.632. The molecule has 1 aromatic rings. The zero-order valence-corrected chi connectivity index (χ0v) is 16.7. The second-order valence-corrected chi connectivity index (χ2v) is 7.15. The summed E-state index contributed by atoms with van der Waals surface area (Å²) in [4.78, 5) is 7.17. The summed E-state index contributed by atoms with van der Waals surface area (Å²) in [7, 11) is 3.40. The van der Waals surface area contributed by atoms with Crippen molar-refractivity contribution in [3.63, 3.8) is 0 Å². The van der Waals surface area contributed by atoms with Crippen LogP contribution >= 0.6 is 11.8 Å². The summed E-state index contributed by atoms with van der Waals surface area (Å²) in [5.74, 6) is 4.38. The minimum atomic E-state index is 0.471. The van der Waals surface area contributed by atoms with Gasteiger partial charge in [-0.2, -0.15) is 11.8 Å². The van der Waals surface area contributed by atoms with Crippen LogP contribution in [0.1, 0.15) is 31.2 Å². The van der Waals surface area contributed by atoms with E-state index in [1.54, 1.807) is 14.2 Å². The van der Waals surface area contributed by atoms with E-state index < -0.39 is 0 Å². The number of guanidine groups is 1. The molecule has 0 amide bonds. The van der Waals surface area contributed by atoms with E-state index in [-0.39, 0.29) is 0 Å². The van der Waals surface area contributed by atoms with Gasteiger partial charge in [-0.25, -0.2) is 0 Å². The lowest BCUT2D eigenvalue weighted by Crippen LogP contribution is -2.40. The molecule has 1 unspecified atom stereocenters. The number of aliphatic imine (C=N–C) groups is 1. The van der Waals surface area contributed by atoms with Crippen molar-refractivity contribution < 1.29 is 9.47 Å². The van der Waals surface area contributed by atoms with Crippen molar-refractivity contribution in [2.45, 2.75) is 25.7 Å². The maximum Gasteiger partial charge on any atom is 0.193 e. The number of likely N-dealkylation sites (tertiary alicyclic amines) is 1. The number of hydrogen-bond acceptors (Lipinski definition) is 4. The number of thioether (sulfide) groups is 1. The summed E-state index contributed by atoms with van der Waals surface area (Å²) in [6.45, 7) is 5.91. The van der Waals surface area contributed by atoms with Crippen molar-refractivity contribution in [2.24, 2.45) is 4.99 Å². The highest BCUT2D eigenvalue weighted by Crippen LogP contribution is 2.32. The van der Waals surface area contributed by atoms with Gasteiger partial charge in [-0.3, -0.25) is 4.99 Å². The third-order valence-electron chi connectivity index (χ3n) is 4.44. The van der Waals surface area contributed by atoms with Crippen LogP contribution in [0.5, 0.6) is 11.5 Å². The maximum atomic E-state index is 5.41. The SMILES string of the molecule is CCNC(=NCCCSC)N1CCC(c2cc(OC)cc(OC)c2)C1. The summed E-state index contributed by atoms with van der Waals surface area (Å²) in [6.07, 6.45) is 4.38. The van der Waals surface area contributed by atoms with Crippen molar-refractivity contribution in [2.75, 3.05) is 52.4 Å². The molecule has 1 aliphatic heterocycles. The number of nitrogens with zero attached hydrogens (tertiary/aromatic N) is 2. The fourth-order valence-corrected chi connectivity index (χ4v) is 3.53. The molecule has 1 aliphatic rings. The second kappa shape index (κ2) is 10.4. The van der Waals surface area contributed by atoms with Crippen molar-refractivity contribution in [3.8, 4) is 11.5 Å². The number of nitrogens with one attached hydrogen (secondary N) is 1. The normalized spacial score (nSPS) is 17.7. The Morgan fingerprint density at radius 3 is 2.60 bits per heavy atom. The van der Waals surface area contributed by atoms with Gasteiger partial charge in [0.15, 0.2) is 5.96 Å². The molecule has 1 saturated heterocycles. The van der Waals surface area contributed by atoms with Crippen LogP contribution in [0.2, 0.25) is 0 Å². The lowest BCUT2D eigenvalue weighted by Gasteiger charge is -2.22. The van der Waals surface area contributed by atoms with Crippen molar-refractivity contribution in [1.82, 2.24) is 10.2 Å². The lowest BCUT2D eigenvalue weighted by molar-refractivity contribution is 0.392. The average molecular weight is 366 g/mol. The number of hydrogen-bond donors (Lipinski definition) is 1. The van der Waals surface area contributed by atoms with Crippen LogP contribution in [0, 0.1) is 0 Å². The van der Waals surface area contributed by atoms with Crippen molar-refractivity contribution in [3.05, 3.63) is 23.8 Å². The van der Waals surface area contributed by atoms with Crippen LogP contribution < -0.4 is 14.8 Å². The van der Waals surface area contributed by atoms with E-state index in [2.05, 4.69) is 35.5 Å². The van der Waals surface area contributed by atoms with Crippen LogP contribution in [-0.4, -0.2) is 63.3 Å². The molecule has 1 atom stereocenters. The van der Waals surface area contributed by atoms with Gasteiger partial charge in [0, 0.05) is 38.2 Å². The van der Waals surface area contributed by atoms with Crippen LogP contribution in [0.15, 0.2) is 23.2 Å². The van der Waals surface area contributed by atoms with E-state index >= 15 is 0 Å². The van der Waals surface area contributed by atoms with Gasteiger partial charge in [-0.05, 0) is 49.5 Å². The number of ether oxygens (including phenoxy) is 2. The molecule has 0 aromatic heterocycles. The summed E-state index contributed by atoms with van der Waals surface area (Å²) < 4.78 is 10.8. The van der Waals surface area contributed by atoms with Gasteiger partial charge >= 0.3 is 0 Å². The first-order valence-corrected chi connectivity index (χ1v) is 10.4. The summed E-state index contributed by atoms with van der Waals surface area (Å²) in [5, 5.41) is 3.44. The van der Waals surface area contributed by atoms with E-state index in [0.29, 0.717) is 5.92 Å². The lowest BCUT2D eigenvalue weighted by atomic mass is 9.98. The van der Waals surface area contributed by atoms with E-state index in [9.17, 15) is 0 Å². The van der Waals surface area contributed by atoms with E-state index in [1.165, 1.54) is 5.56 Å². The molecule has 0 spiro atoms. The summed E-state index contributed by atoms with van der Waals surface area (Å²) >= 11 is 1.88. The zero-order valence-electron chi connectivity index (χ0n) is 15.9. The molecule has 1 fully saturated rings. The Labute approximate surface area is 156 Å². The predicted octanol–water partition coefficient (Wildman–Crippen LogP) is 3.21. The molecular weight excluding hydrogens is 334 g/mol. The third-order valence-corrected chi connectivity index (χ3v) is 5.13. The predicted molar refractivity (Wildman–Crippen MR) is 107 cm³/mol. The van der Waals surface area contributed by atoms with Crippen LogP contribution in [0.3, 0.4) is 0 Å². The van der Waals surface area contributed by atoms with Gasteiger partial charge in [0.1, 0.15) is 11.5 Å². The first-order chi connectivity index (χ1) is 12.2. The molecule has 25 heavy (non-hydrogen) atoms. The Hall–Kier alpha value is -1.56. The average Bonchev–Trinajstić information content (AvgIpc) is 3.14. The fourth-order valence-electron chi connectivity index (χ4n) is 3.11. The first kappa shape index (κ1) is 19.8. The molecule has 0 bridgehead atoms. The van der Waals surface area contributed by atoms with Crippen LogP contribution in [0.4, 0.5) is 0 Å². The van der Waals surface area contributed by atoms with Gasteiger partial charge < -0.3 is 19.7 Å². The Morgan fingerprint density at radius 2 is 2.00 bits per heavy atom. The summed E-state index contributed by atoms with van der Waals surface area (Å²) in [5.41, 5.74) is 1.27. The zero-order chi connectivity index (χ0) is 18.1. The molecule has 0 saturated carbocycles. The van der Waals surface area contributed by atoms with Gasteiger partial charge in [-0.15, -0.1) is 0 Å². The van der Waals surface area contributed by atoms with E-state index in [0.717, 1.165) is 62.2 Å². The highest BCUT2D eigenvalue weighted by molar-refractivity contribution is 7.98. The molecule has 5 nitrogen and oxygen atoms in total. The van der Waals surface area contributed by atoms with Crippen molar-refractivity contribution >= 4 is 17.7 Å². The first-order valence-electron chi connectivity index (χ1n) is 8.97. The second-order valence-electron chi connectivity index (χ2n) is 6.16. The topological polar surface area (TPSA) is 46.1 Å². The molecule has 0 radical (unpaired) electrons. The molecule has 140 valence electrons. The highest BCUT2D eigenvalue weighted by Gasteiger charge is 2.26. The maximum absolute atomic E-state index is 5.41. The Bertz CT molecular complexity index is 543. The van der Waals surface area contributed by atoms with Gasteiger partial charge in [0.2, 0.25) is 0 Å². The molecular formula is C19H31N3O2S. The quantitative estimate of drug-likeness (QED) is 0.435. The molecule has 1 N–H and O–H groups in total. The number of rotatable bonds is 8. The van der Waals surface area contributed by atoms with Crippen LogP contribution in [-0.2, 0) is 0 Å². The highest BCUT2D eigenvalue weighted by atomic mass is 32.2. The minimum absolute atomic E-state index is 0.471. The smallest absolute Gasteiger partial charge is 0.193 e. The van der Waals surface area contributed by atoms with E-state index in [1.807, 2.05) is 17.8 Å². The Balaban J connectivity index is 2.05. The number of methoxy groups -OCH3 is 2. The van der Waals surface area contributed by atoms with Crippen LogP contribution in [0.25, 0.3) is 0 Å². The Morgan fingerprint density at radius 1 is 1.28 bits per heavy atom. The third kappa shape index (κ3) is 5.73. The monoisotopic (exact) mass is 365 g/mol.